The Labute approximate surface area is 120 Å². The zero-order chi connectivity index (χ0) is 14.5. The van der Waals surface area contributed by atoms with E-state index >= 15 is 0 Å². The number of carbonyl (C=O) groups is 1. The normalized spacial score (nSPS) is 10.2. The van der Waals surface area contributed by atoms with Gasteiger partial charge < -0.3 is 9.67 Å². The van der Waals surface area contributed by atoms with Crippen LogP contribution in [-0.4, -0.2) is 26.4 Å². The minimum atomic E-state index is -0.867. The summed E-state index contributed by atoms with van der Waals surface area (Å²) >= 11 is 1.19. The number of aliphatic carboxylic acids is 1. The van der Waals surface area contributed by atoms with Crippen molar-refractivity contribution in [3.8, 4) is 6.07 Å². The lowest BCUT2D eigenvalue weighted by Gasteiger charge is -2.09. The van der Waals surface area contributed by atoms with Crippen molar-refractivity contribution in [2.45, 2.75) is 18.6 Å². The molecule has 6 heteroatoms. The van der Waals surface area contributed by atoms with Gasteiger partial charge in [0.1, 0.15) is 0 Å². The first-order chi connectivity index (χ1) is 9.60. The van der Waals surface area contributed by atoms with Gasteiger partial charge in [-0.25, -0.2) is 4.98 Å². The Morgan fingerprint density at radius 3 is 3.05 bits per heavy atom. The fourth-order valence-electron chi connectivity index (χ4n) is 1.79. The van der Waals surface area contributed by atoms with Crippen LogP contribution in [0.5, 0.6) is 0 Å². The van der Waals surface area contributed by atoms with E-state index in [0.717, 1.165) is 11.3 Å². The molecule has 0 fully saturated rings. The molecule has 2 aromatic rings. The summed E-state index contributed by atoms with van der Waals surface area (Å²) in [4.78, 5) is 14.9. The summed E-state index contributed by atoms with van der Waals surface area (Å²) in [6.07, 6.45) is 1.72. The number of hydrogen-bond donors (Lipinski definition) is 1. The van der Waals surface area contributed by atoms with Crippen LogP contribution in [0.3, 0.4) is 0 Å². The molecule has 1 N–H and O–H groups in total. The molecule has 0 aliphatic rings. The Morgan fingerprint density at radius 2 is 2.35 bits per heavy atom. The van der Waals surface area contributed by atoms with Gasteiger partial charge in [-0.3, -0.25) is 4.79 Å². The SMILES string of the molecule is Cc1cnc(SCC(=O)O)n1Cc1cccc(C#N)c1. The first-order valence-corrected chi connectivity index (χ1v) is 6.94. The van der Waals surface area contributed by atoms with Crippen molar-refractivity contribution in [3.05, 3.63) is 47.3 Å². The van der Waals surface area contributed by atoms with E-state index in [-0.39, 0.29) is 5.75 Å². The number of carboxylic acid groups (broad SMARTS) is 1. The average Bonchev–Trinajstić information content (AvgIpc) is 2.78. The van der Waals surface area contributed by atoms with Crippen LogP contribution in [-0.2, 0) is 11.3 Å². The van der Waals surface area contributed by atoms with Crippen LogP contribution in [0, 0.1) is 18.3 Å². The van der Waals surface area contributed by atoms with E-state index in [1.54, 1.807) is 12.3 Å². The molecule has 0 aliphatic heterocycles. The highest BCUT2D eigenvalue weighted by molar-refractivity contribution is 7.99. The standard InChI is InChI=1S/C14H13N3O2S/c1-10-7-16-14(20-9-13(18)19)17(10)8-12-4-2-3-11(5-12)6-15/h2-5,7H,8-9H2,1H3,(H,18,19). The minimum Gasteiger partial charge on any atom is -0.481 e. The number of nitrogens with zero attached hydrogens (tertiary/aromatic N) is 3. The molecule has 0 amide bonds. The van der Waals surface area contributed by atoms with Crippen LogP contribution < -0.4 is 0 Å². The van der Waals surface area contributed by atoms with E-state index in [9.17, 15) is 4.79 Å². The number of rotatable bonds is 5. The summed E-state index contributed by atoms with van der Waals surface area (Å²) < 4.78 is 1.95. The lowest BCUT2D eigenvalue weighted by atomic mass is 10.1. The summed E-state index contributed by atoms with van der Waals surface area (Å²) in [7, 11) is 0. The number of aromatic nitrogens is 2. The van der Waals surface area contributed by atoms with Gasteiger partial charge in [0, 0.05) is 18.4 Å². The first-order valence-electron chi connectivity index (χ1n) is 5.96. The van der Waals surface area contributed by atoms with Gasteiger partial charge in [0.05, 0.1) is 17.4 Å². The Balaban J connectivity index is 2.22. The second-order valence-electron chi connectivity index (χ2n) is 4.26. The fraction of sp³-hybridized carbons (Fsp3) is 0.214. The number of thioether (sulfide) groups is 1. The fourth-order valence-corrected chi connectivity index (χ4v) is 2.54. The number of imidazole rings is 1. The maximum absolute atomic E-state index is 10.6. The highest BCUT2D eigenvalue weighted by atomic mass is 32.2. The molecule has 0 atom stereocenters. The van der Waals surface area contributed by atoms with Crippen molar-refractivity contribution >= 4 is 17.7 Å². The molecule has 1 heterocycles. The molecule has 0 saturated carbocycles. The Hall–Kier alpha value is -2.26. The maximum atomic E-state index is 10.6. The molecule has 0 spiro atoms. The van der Waals surface area contributed by atoms with Crippen LogP contribution in [0.4, 0.5) is 0 Å². The summed E-state index contributed by atoms with van der Waals surface area (Å²) in [5.41, 5.74) is 2.56. The van der Waals surface area contributed by atoms with Crippen molar-refractivity contribution in [2.24, 2.45) is 0 Å². The Bertz CT molecular complexity index is 673. The van der Waals surface area contributed by atoms with E-state index in [4.69, 9.17) is 10.4 Å². The molecule has 1 aromatic heterocycles. The van der Waals surface area contributed by atoms with Crippen molar-refractivity contribution in [1.29, 1.82) is 5.26 Å². The third kappa shape index (κ3) is 3.39. The maximum Gasteiger partial charge on any atom is 0.313 e. The van der Waals surface area contributed by atoms with Gasteiger partial charge in [-0.15, -0.1) is 0 Å². The van der Waals surface area contributed by atoms with Crippen molar-refractivity contribution in [2.75, 3.05) is 5.75 Å². The molecule has 0 saturated heterocycles. The molecule has 5 nitrogen and oxygen atoms in total. The summed E-state index contributed by atoms with van der Waals surface area (Å²) in [5, 5.41) is 18.3. The van der Waals surface area contributed by atoms with E-state index in [1.165, 1.54) is 11.8 Å². The predicted octanol–water partition coefficient (Wildman–Crippen LogP) is 2.29. The third-order valence-corrected chi connectivity index (χ3v) is 3.72. The van der Waals surface area contributed by atoms with Crippen LogP contribution in [0.2, 0.25) is 0 Å². The van der Waals surface area contributed by atoms with E-state index in [2.05, 4.69) is 11.1 Å². The van der Waals surface area contributed by atoms with Crippen molar-refractivity contribution in [3.63, 3.8) is 0 Å². The molecule has 0 aliphatic carbocycles. The molecule has 0 unspecified atom stereocenters. The minimum absolute atomic E-state index is 0.0192. The smallest absolute Gasteiger partial charge is 0.313 e. The second kappa shape index (κ2) is 6.26. The van der Waals surface area contributed by atoms with Crippen LogP contribution >= 0.6 is 11.8 Å². The third-order valence-electron chi connectivity index (χ3n) is 2.74. The van der Waals surface area contributed by atoms with E-state index in [0.29, 0.717) is 17.3 Å². The lowest BCUT2D eigenvalue weighted by molar-refractivity contribution is -0.133. The van der Waals surface area contributed by atoms with E-state index < -0.39 is 5.97 Å². The Morgan fingerprint density at radius 1 is 1.55 bits per heavy atom. The van der Waals surface area contributed by atoms with Gasteiger partial charge in [-0.05, 0) is 24.6 Å². The van der Waals surface area contributed by atoms with Crippen molar-refractivity contribution < 1.29 is 9.90 Å². The predicted molar refractivity (Wildman–Crippen MR) is 75.6 cm³/mol. The van der Waals surface area contributed by atoms with E-state index in [1.807, 2.05) is 29.7 Å². The summed E-state index contributed by atoms with van der Waals surface area (Å²) in [5.74, 6) is -0.886. The number of carboxylic acids is 1. The van der Waals surface area contributed by atoms with Gasteiger partial charge >= 0.3 is 5.97 Å². The van der Waals surface area contributed by atoms with Crippen LogP contribution in [0.1, 0.15) is 16.8 Å². The summed E-state index contributed by atoms with van der Waals surface area (Å²) in [6.45, 7) is 2.50. The largest absolute Gasteiger partial charge is 0.481 e. The summed E-state index contributed by atoms with van der Waals surface area (Å²) in [6, 6.07) is 9.46. The van der Waals surface area contributed by atoms with Crippen molar-refractivity contribution in [1.82, 2.24) is 9.55 Å². The highest BCUT2D eigenvalue weighted by Crippen LogP contribution is 2.20. The number of benzene rings is 1. The quantitative estimate of drug-likeness (QED) is 0.853. The molecule has 102 valence electrons. The zero-order valence-corrected chi connectivity index (χ0v) is 11.7. The Kier molecular flexibility index (Phi) is 4.43. The van der Waals surface area contributed by atoms with Gasteiger partial charge in [0.2, 0.25) is 0 Å². The molecule has 0 bridgehead atoms. The highest BCUT2D eigenvalue weighted by Gasteiger charge is 2.10. The molecular formula is C14H13N3O2S. The van der Waals surface area contributed by atoms with Gasteiger partial charge in [-0.2, -0.15) is 5.26 Å². The van der Waals surface area contributed by atoms with Crippen LogP contribution in [0.25, 0.3) is 0 Å². The molecule has 20 heavy (non-hydrogen) atoms. The zero-order valence-electron chi connectivity index (χ0n) is 10.9. The average molecular weight is 287 g/mol. The second-order valence-corrected chi connectivity index (χ2v) is 5.21. The monoisotopic (exact) mass is 287 g/mol. The first kappa shape index (κ1) is 14.2. The topological polar surface area (TPSA) is 78.9 Å². The number of aryl methyl sites for hydroxylation is 1. The van der Waals surface area contributed by atoms with Gasteiger partial charge in [-0.1, -0.05) is 23.9 Å². The molecule has 1 aromatic carbocycles. The number of hydrogen-bond acceptors (Lipinski definition) is 4. The molecular weight excluding hydrogens is 274 g/mol. The van der Waals surface area contributed by atoms with Crippen LogP contribution in [0.15, 0.2) is 35.6 Å². The molecule has 2 rings (SSSR count). The van der Waals surface area contributed by atoms with Gasteiger partial charge in [0.25, 0.3) is 0 Å². The number of nitriles is 1. The molecule has 0 radical (unpaired) electrons. The lowest BCUT2D eigenvalue weighted by Crippen LogP contribution is -2.06. The van der Waals surface area contributed by atoms with Gasteiger partial charge in [0.15, 0.2) is 5.16 Å².